The molecule has 1 aromatic carbocycles. The third-order valence-electron chi connectivity index (χ3n) is 2.13. The number of amides is 1. The number of rotatable bonds is 5. The van der Waals surface area contributed by atoms with Gasteiger partial charge in [-0.3, -0.25) is 4.79 Å². The van der Waals surface area contributed by atoms with Crippen LogP contribution in [0.2, 0.25) is 0 Å². The quantitative estimate of drug-likeness (QED) is 0.684. The molecule has 0 radical (unpaired) electrons. The van der Waals surface area contributed by atoms with Crippen molar-refractivity contribution in [2.75, 3.05) is 6.61 Å². The van der Waals surface area contributed by atoms with Crippen molar-refractivity contribution in [3.8, 4) is 11.5 Å². The van der Waals surface area contributed by atoms with E-state index >= 15 is 0 Å². The summed E-state index contributed by atoms with van der Waals surface area (Å²) in [5.74, 6) is -0.0460. The summed E-state index contributed by atoms with van der Waals surface area (Å²) >= 11 is 0. The fourth-order valence-corrected chi connectivity index (χ4v) is 1.37. The van der Waals surface area contributed by atoms with Crippen molar-refractivity contribution in [2.45, 2.75) is 19.4 Å². The van der Waals surface area contributed by atoms with Crippen LogP contribution in [0.15, 0.2) is 18.2 Å². The van der Waals surface area contributed by atoms with E-state index < -0.39 is 11.9 Å². The SMILES string of the molecule is CCOc1cc(C(N)CC(N)=O)ccc1O. The number of hydrogen-bond acceptors (Lipinski definition) is 4. The Bertz CT molecular complexity index is 379. The molecule has 0 aliphatic rings. The van der Waals surface area contributed by atoms with E-state index in [1.54, 1.807) is 12.1 Å². The maximum Gasteiger partial charge on any atom is 0.219 e. The van der Waals surface area contributed by atoms with Gasteiger partial charge in [-0.2, -0.15) is 0 Å². The lowest BCUT2D eigenvalue weighted by atomic mass is 10.0. The second-order valence-electron chi connectivity index (χ2n) is 3.44. The molecule has 0 fully saturated rings. The molecule has 1 unspecified atom stereocenters. The normalized spacial score (nSPS) is 12.1. The van der Waals surface area contributed by atoms with Gasteiger partial charge in [-0.05, 0) is 24.6 Å². The van der Waals surface area contributed by atoms with Crippen molar-refractivity contribution in [1.82, 2.24) is 0 Å². The highest BCUT2D eigenvalue weighted by molar-refractivity contribution is 5.74. The Morgan fingerprint density at radius 3 is 2.81 bits per heavy atom. The molecule has 5 heteroatoms. The van der Waals surface area contributed by atoms with Crippen LogP contribution < -0.4 is 16.2 Å². The molecule has 1 rings (SSSR count). The second kappa shape index (κ2) is 5.37. The summed E-state index contributed by atoms with van der Waals surface area (Å²) in [6, 6.07) is 4.27. The highest BCUT2D eigenvalue weighted by atomic mass is 16.5. The van der Waals surface area contributed by atoms with Crippen molar-refractivity contribution in [3.63, 3.8) is 0 Å². The average molecular weight is 224 g/mol. The molecule has 0 aromatic heterocycles. The van der Waals surface area contributed by atoms with Crippen molar-refractivity contribution in [1.29, 1.82) is 0 Å². The van der Waals surface area contributed by atoms with Crippen molar-refractivity contribution in [2.24, 2.45) is 11.5 Å². The Morgan fingerprint density at radius 1 is 1.56 bits per heavy atom. The second-order valence-corrected chi connectivity index (χ2v) is 3.44. The average Bonchev–Trinajstić information content (AvgIpc) is 2.20. The van der Waals surface area contributed by atoms with E-state index in [0.29, 0.717) is 17.9 Å². The van der Waals surface area contributed by atoms with Gasteiger partial charge >= 0.3 is 0 Å². The van der Waals surface area contributed by atoms with Crippen LogP contribution in [0.4, 0.5) is 0 Å². The Balaban J connectivity index is 2.88. The molecule has 5 nitrogen and oxygen atoms in total. The number of primary amides is 1. The zero-order valence-corrected chi connectivity index (χ0v) is 9.14. The van der Waals surface area contributed by atoms with Gasteiger partial charge in [0.2, 0.25) is 5.91 Å². The van der Waals surface area contributed by atoms with Crippen LogP contribution in [0.3, 0.4) is 0 Å². The van der Waals surface area contributed by atoms with Gasteiger partial charge in [-0.1, -0.05) is 6.07 Å². The summed E-state index contributed by atoms with van der Waals surface area (Å²) in [6.07, 6.45) is 0.0658. The summed E-state index contributed by atoms with van der Waals surface area (Å²) in [4.78, 5) is 10.7. The fourth-order valence-electron chi connectivity index (χ4n) is 1.37. The van der Waals surface area contributed by atoms with Crippen molar-refractivity contribution < 1.29 is 14.6 Å². The van der Waals surface area contributed by atoms with Crippen LogP contribution in [0.1, 0.15) is 24.9 Å². The van der Waals surface area contributed by atoms with Gasteiger partial charge in [0, 0.05) is 12.5 Å². The first-order chi connectivity index (χ1) is 7.54. The molecule has 88 valence electrons. The van der Waals surface area contributed by atoms with Crippen LogP contribution in [-0.4, -0.2) is 17.6 Å². The van der Waals surface area contributed by atoms with E-state index in [1.165, 1.54) is 6.07 Å². The van der Waals surface area contributed by atoms with Gasteiger partial charge in [-0.15, -0.1) is 0 Å². The zero-order chi connectivity index (χ0) is 12.1. The first-order valence-corrected chi connectivity index (χ1v) is 5.04. The van der Waals surface area contributed by atoms with Gasteiger partial charge in [0.05, 0.1) is 6.61 Å². The van der Waals surface area contributed by atoms with Crippen LogP contribution in [0.5, 0.6) is 11.5 Å². The molecular formula is C11H16N2O3. The molecule has 1 amide bonds. The number of carbonyl (C=O) groups is 1. The molecule has 0 aliphatic carbocycles. The largest absolute Gasteiger partial charge is 0.504 e. The molecule has 0 saturated heterocycles. The summed E-state index contributed by atoms with van der Waals surface area (Å²) in [5, 5.41) is 9.47. The first-order valence-electron chi connectivity index (χ1n) is 5.04. The smallest absolute Gasteiger partial charge is 0.219 e. The number of nitrogens with two attached hydrogens (primary N) is 2. The molecule has 16 heavy (non-hydrogen) atoms. The number of aromatic hydroxyl groups is 1. The van der Waals surface area contributed by atoms with Crippen LogP contribution >= 0.6 is 0 Å². The Labute approximate surface area is 94.0 Å². The maximum atomic E-state index is 10.7. The molecule has 0 saturated carbocycles. The minimum atomic E-state index is -0.475. The highest BCUT2D eigenvalue weighted by Crippen LogP contribution is 2.29. The Morgan fingerprint density at radius 2 is 2.25 bits per heavy atom. The molecule has 1 atom stereocenters. The van der Waals surface area contributed by atoms with E-state index in [0.717, 1.165) is 0 Å². The maximum absolute atomic E-state index is 10.7. The molecule has 1 aromatic rings. The van der Waals surface area contributed by atoms with Gasteiger partial charge in [0.25, 0.3) is 0 Å². The van der Waals surface area contributed by atoms with Gasteiger partial charge in [0.1, 0.15) is 0 Å². The summed E-state index contributed by atoms with van der Waals surface area (Å²) in [5.41, 5.74) is 11.5. The third-order valence-corrected chi connectivity index (χ3v) is 2.13. The van der Waals surface area contributed by atoms with E-state index in [9.17, 15) is 9.90 Å². The number of hydrogen-bond donors (Lipinski definition) is 3. The third kappa shape index (κ3) is 3.13. The van der Waals surface area contributed by atoms with Crippen molar-refractivity contribution in [3.05, 3.63) is 23.8 Å². The summed E-state index contributed by atoms with van der Waals surface area (Å²) in [7, 11) is 0. The topological polar surface area (TPSA) is 98.6 Å². The van der Waals surface area contributed by atoms with E-state index in [1.807, 2.05) is 6.92 Å². The lowest BCUT2D eigenvalue weighted by Gasteiger charge is -2.12. The molecule has 0 aliphatic heterocycles. The molecular weight excluding hydrogens is 208 g/mol. The standard InChI is InChI=1S/C11H16N2O3/c1-2-16-10-5-7(3-4-9(10)14)8(12)6-11(13)15/h3-5,8,14H,2,6,12H2,1H3,(H2,13,15). The fraction of sp³-hybridized carbons (Fsp3) is 0.364. The molecule has 0 spiro atoms. The number of phenols is 1. The van der Waals surface area contributed by atoms with Crippen molar-refractivity contribution >= 4 is 5.91 Å². The predicted octanol–water partition coefficient (Wildman–Crippen LogP) is 0.666. The predicted molar refractivity (Wildman–Crippen MR) is 60.0 cm³/mol. The van der Waals surface area contributed by atoms with E-state index in [4.69, 9.17) is 16.2 Å². The van der Waals surface area contributed by atoms with Crippen LogP contribution in [-0.2, 0) is 4.79 Å². The number of phenolic OH excluding ortho intramolecular Hbond substituents is 1. The minimum Gasteiger partial charge on any atom is -0.504 e. The lowest BCUT2D eigenvalue weighted by molar-refractivity contribution is -0.118. The van der Waals surface area contributed by atoms with E-state index in [2.05, 4.69) is 0 Å². The Hall–Kier alpha value is -1.75. The highest BCUT2D eigenvalue weighted by Gasteiger charge is 2.12. The van der Waals surface area contributed by atoms with Gasteiger partial charge in [0.15, 0.2) is 11.5 Å². The van der Waals surface area contributed by atoms with Crippen LogP contribution in [0.25, 0.3) is 0 Å². The summed E-state index contributed by atoms with van der Waals surface area (Å²) < 4.78 is 5.21. The lowest BCUT2D eigenvalue weighted by Crippen LogP contribution is -2.20. The molecule has 5 N–H and O–H groups in total. The van der Waals surface area contributed by atoms with Gasteiger partial charge in [-0.25, -0.2) is 0 Å². The van der Waals surface area contributed by atoms with Crippen LogP contribution in [0, 0.1) is 0 Å². The number of benzene rings is 1. The Kier molecular flexibility index (Phi) is 4.13. The first kappa shape index (κ1) is 12.3. The minimum absolute atomic E-state index is 0.0527. The zero-order valence-electron chi connectivity index (χ0n) is 9.14. The summed E-state index contributed by atoms with van der Waals surface area (Å²) in [6.45, 7) is 2.26. The van der Waals surface area contributed by atoms with E-state index in [-0.39, 0.29) is 12.2 Å². The molecule has 0 heterocycles. The monoisotopic (exact) mass is 224 g/mol. The number of carbonyl (C=O) groups excluding carboxylic acids is 1. The molecule has 0 bridgehead atoms. The number of ether oxygens (including phenoxy) is 1. The van der Waals surface area contributed by atoms with Gasteiger partial charge < -0.3 is 21.3 Å².